The van der Waals surface area contributed by atoms with Crippen molar-refractivity contribution in [3.63, 3.8) is 0 Å². The molecule has 2 aliphatic rings. The van der Waals surface area contributed by atoms with Crippen LogP contribution in [0.5, 0.6) is 0 Å². The van der Waals surface area contributed by atoms with E-state index in [1.807, 2.05) is 30.3 Å². The average Bonchev–Trinajstić information content (AvgIpc) is 2.80. The van der Waals surface area contributed by atoms with Gasteiger partial charge < -0.3 is 14.9 Å². The van der Waals surface area contributed by atoms with E-state index in [2.05, 4.69) is 0 Å². The minimum absolute atomic E-state index is 0.0499. The van der Waals surface area contributed by atoms with E-state index in [9.17, 15) is 19.1 Å². The number of aliphatic hydroxyl groups is 1. The van der Waals surface area contributed by atoms with Crippen LogP contribution in [0.2, 0.25) is 0 Å². The first-order valence-electron chi connectivity index (χ1n) is 10.2. The lowest BCUT2D eigenvalue weighted by Crippen LogP contribution is -2.70. The van der Waals surface area contributed by atoms with Gasteiger partial charge in [-0.3, -0.25) is 9.59 Å². The molecule has 6 heteroatoms. The number of benzene rings is 3. The van der Waals surface area contributed by atoms with Crippen LogP contribution < -0.4 is 4.90 Å². The van der Waals surface area contributed by atoms with Crippen molar-refractivity contribution in [3.05, 3.63) is 101 Å². The number of amides is 2. The summed E-state index contributed by atoms with van der Waals surface area (Å²) in [5.41, 5.74) is 2.64. The Morgan fingerprint density at radius 1 is 0.871 bits per heavy atom. The number of nitrogens with zero attached hydrogens (tertiary/aromatic N) is 2. The van der Waals surface area contributed by atoms with Gasteiger partial charge in [0.2, 0.25) is 0 Å². The molecule has 0 radical (unpaired) electrons. The molecule has 2 heterocycles. The first-order valence-corrected chi connectivity index (χ1v) is 10.2. The molecule has 3 aromatic rings. The van der Waals surface area contributed by atoms with Crippen LogP contribution in [0.3, 0.4) is 0 Å². The minimum Gasteiger partial charge on any atom is -0.394 e. The zero-order chi connectivity index (χ0) is 21.5. The normalized spacial score (nSPS) is 21.7. The number of rotatable bonds is 3. The summed E-state index contributed by atoms with van der Waals surface area (Å²) in [5.74, 6) is -0.855. The predicted octanol–water partition coefficient (Wildman–Crippen LogP) is 3.46. The van der Waals surface area contributed by atoms with Crippen molar-refractivity contribution >= 4 is 17.5 Å². The Morgan fingerprint density at radius 3 is 2.23 bits per heavy atom. The van der Waals surface area contributed by atoms with Crippen LogP contribution >= 0.6 is 0 Å². The van der Waals surface area contributed by atoms with Gasteiger partial charge in [-0.05, 0) is 48.0 Å². The lowest BCUT2D eigenvalue weighted by atomic mass is 9.71. The molecule has 1 saturated heterocycles. The largest absolute Gasteiger partial charge is 0.394 e. The Hall–Kier alpha value is -3.51. The molecule has 0 spiro atoms. The van der Waals surface area contributed by atoms with Gasteiger partial charge >= 0.3 is 0 Å². The highest BCUT2D eigenvalue weighted by Crippen LogP contribution is 2.48. The monoisotopic (exact) mass is 416 g/mol. The maximum absolute atomic E-state index is 13.3. The van der Waals surface area contributed by atoms with Crippen molar-refractivity contribution in [3.8, 4) is 0 Å². The SMILES string of the molecule is O=C(c1ccc(F)cc1)N1C[C@H]2[C@@H](c3ccccc31)[C@H](CO)N2C(=O)c1ccccc1. The third kappa shape index (κ3) is 3.11. The Bertz CT molecular complexity index is 1130. The molecule has 0 bridgehead atoms. The molecule has 5 nitrogen and oxygen atoms in total. The molecule has 0 saturated carbocycles. The molecule has 31 heavy (non-hydrogen) atoms. The van der Waals surface area contributed by atoms with Crippen LogP contribution in [0.15, 0.2) is 78.9 Å². The van der Waals surface area contributed by atoms with E-state index in [0.29, 0.717) is 17.7 Å². The molecule has 2 amide bonds. The average molecular weight is 416 g/mol. The fourth-order valence-corrected chi connectivity index (χ4v) is 4.84. The number of likely N-dealkylation sites (tertiary alicyclic amines) is 1. The van der Waals surface area contributed by atoms with Crippen LogP contribution in [0, 0.1) is 5.82 Å². The van der Waals surface area contributed by atoms with E-state index in [4.69, 9.17) is 0 Å². The number of para-hydroxylation sites is 1. The molecular weight excluding hydrogens is 395 g/mol. The summed E-state index contributed by atoms with van der Waals surface area (Å²) in [6, 6.07) is 21.4. The molecule has 3 atom stereocenters. The Balaban J connectivity index is 1.53. The summed E-state index contributed by atoms with van der Waals surface area (Å²) in [4.78, 5) is 29.9. The van der Waals surface area contributed by atoms with E-state index in [0.717, 1.165) is 11.3 Å². The summed E-state index contributed by atoms with van der Waals surface area (Å²) in [5, 5.41) is 10.1. The number of aliphatic hydroxyl groups excluding tert-OH is 1. The number of halogens is 1. The number of hydrogen-bond donors (Lipinski definition) is 1. The van der Waals surface area contributed by atoms with Gasteiger partial charge in [0.25, 0.3) is 11.8 Å². The van der Waals surface area contributed by atoms with Crippen molar-refractivity contribution < 1.29 is 19.1 Å². The molecule has 2 aliphatic heterocycles. The first kappa shape index (κ1) is 19.5. The molecule has 0 unspecified atom stereocenters. The maximum Gasteiger partial charge on any atom is 0.258 e. The number of anilines is 1. The minimum atomic E-state index is -0.403. The smallest absolute Gasteiger partial charge is 0.258 e. The highest BCUT2D eigenvalue weighted by molar-refractivity contribution is 6.07. The van der Waals surface area contributed by atoms with Crippen molar-refractivity contribution in [1.29, 1.82) is 0 Å². The second-order valence-corrected chi connectivity index (χ2v) is 7.90. The molecule has 0 aliphatic carbocycles. The molecule has 0 aromatic heterocycles. The van der Waals surface area contributed by atoms with Crippen LogP contribution in [-0.4, -0.2) is 47.1 Å². The number of fused-ring (bicyclic) bond motifs is 3. The summed E-state index contributed by atoms with van der Waals surface area (Å²) in [6.07, 6.45) is 0. The van der Waals surface area contributed by atoms with Gasteiger partial charge in [0.15, 0.2) is 0 Å². The number of hydrogen-bond acceptors (Lipinski definition) is 3. The summed E-state index contributed by atoms with van der Waals surface area (Å²) < 4.78 is 13.3. The van der Waals surface area contributed by atoms with Crippen LogP contribution in [-0.2, 0) is 0 Å². The van der Waals surface area contributed by atoms with Crippen LogP contribution in [0.4, 0.5) is 10.1 Å². The second-order valence-electron chi connectivity index (χ2n) is 7.90. The first-order chi connectivity index (χ1) is 15.1. The van der Waals surface area contributed by atoms with E-state index in [-0.39, 0.29) is 36.4 Å². The Labute approximate surface area is 179 Å². The Morgan fingerprint density at radius 2 is 1.52 bits per heavy atom. The summed E-state index contributed by atoms with van der Waals surface area (Å²) >= 11 is 0. The highest BCUT2D eigenvalue weighted by Gasteiger charge is 2.55. The number of carbonyl (C=O) groups is 2. The predicted molar refractivity (Wildman–Crippen MR) is 115 cm³/mol. The van der Waals surface area contributed by atoms with Gasteiger partial charge in [0.1, 0.15) is 5.82 Å². The van der Waals surface area contributed by atoms with Gasteiger partial charge in [-0.1, -0.05) is 36.4 Å². The molecular formula is C25H21FN2O3. The van der Waals surface area contributed by atoms with E-state index in [1.54, 1.807) is 34.1 Å². The lowest BCUT2D eigenvalue weighted by molar-refractivity contribution is -0.0246. The lowest BCUT2D eigenvalue weighted by Gasteiger charge is -2.58. The fraction of sp³-hybridized carbons (Fsp3) is 0.200. The number of carbonyl (C=O) groups excluding carboxylic acids is 2. The maximum atomic E-state index is 13.3. The van der Waals surface area contributed by atoms with Crippen molar-refractivity contribution in [2.24, 2.45) is 0 Å². The van der Waals surface area contributed by atoms with Crippen LogP contribution in [0.1, 0.15) is 32.2 Å². The summed E-state index contributed by atoms with van der Waals surface area (Å²) in [6.45, 7) is 0.160. The van der Waals surface area contributed by atoms with Crippen LogP contribution in [0.25, 0.3) is 0 Å². The van der Waals surface area contributed by atoms with Gasteiger partial charge in [0.05, 0.1) is 18.7 Å². The van der Waals surface area contributed by atoms with E-state index >= 15 is 0 Å². The zero-order valence-corrected chi connectivity index (χ0v) is 16.7. The Kier molecular flexibility index (Phi) is 4.79. The standard InChI is InChI=1S/C25H21FN2O3/c26-18-12-10-17(11-13-18)24(30)27-14-21-23(19-8-4-5-9-20(19)27)22(15-29)28(21)25(31)16-6-2-1-3-7-16/h1-13,21-23,29H,14-15H2/t21-,22-,23+/m0/s1. The van der Waals surface area contributed by atoms with E-state index in [1.165, 1.54) is 24.3 Å². The quantitative estimate of drug-likeness (QED) is 0.712. The van der Waals surface area contributed by atoms with Crippen molar-refractivity contribution in [2.75, 3.05) is 18.1 Å². The highest BCUT2D eigenvalue weighted by atomic mass is 19.1. The third-order valence-electron chi connectivity index (χ3n) is 6.28. The second kappa shape index (κ2) is 7.63. The molecule has 3 aromatic carbocycles. The zero-order valence-electron chi connectivity index (χ0n) is 16.7. The molecule has 156 valence electrons. The van der Waals surface area contributed by atoms with Crippen molar-refractivity contribution in [1.82, 2.24) is 4.90 Å². The topological polar surface area (TPSA) is 60.9 Å². The van der Waals surface area contributed by atoms with Gasteiger partial charge in [0, 0.05) is 29.3 Å². The summed E-state index contributed by atoms with van der Waals surface area (Å²) in [7, 11) is 0. The molecule has 1 fully saturated rings. The fourth-order valence-electron chi connectivity index (χ4n) is 4.84. The van der Waals surface area contributed by atoms with Gasteiger partial charge in [-0.15, -0.1) is 0 Å². The molecule has 5 rings (SSSR count). The van der Waals surface area contributed by atoms with E-state index < -0.39 is 5.82 Å². The van der Waals surface area contributed by atoms with Gasteiger partial charge in [-0.2, -0.15) is 0 Å². The molecule has 1 N–H and O–H groups in total. The van der Waals surface area contributed by atoms with Gasteiger partial charge in [-0.25, -0.2) is 4.39 Å². The van der Waals surface area contributed by atoms with Crippen molar-refractivity contribution in [2.45, 2.75) is 18.0 Å². The third-order valence-corrected chi connectivity index (χ3v) is 6.28.